The first kappa shape index (κ1) is 20.4. The Morgan fingerprint density at radius 1 is 1.26 bits per heavy atom. The lowest BCUT2D eigenvalue weighted by Gasteiger charge is -2.33. The van der Waals surface area contributed by atoms with Crippen molar-refractivity contribution in [2.24, 2.45) is 4.99 Å². The number of rotatable bonds is 5. The number of hydrogen-bond acceptors (Lipinski definition) is 3. The van der Waals surface area contributed by atoms with Crippen molar-refractivity contribution in [3.05, 3.63) is 35.8 Å². The van der Waals surface area contributed by atoms with Crippen LogP contribution in [0.4, 0.5) is 0 Å². The van der Waals surface area contributed by atoms with E-state index >= 15 is 0 Å². The number of likely N-dealkylation sites (tertiary alicyclic amines) is 1. The lowest BCUT2D eigenvalue weighted by Crippen LogP contribution is -2.49. The zero-order valence-electron chi connectivity index (χ0n) is 16.3. The first-order valence-electron chi connectivity index (χ1n) is 9.87. The molecule has 0 aromatic carbocycles. The van der Waals surface area contributed by atoms with E-state index in [-0.39, 0.29) is 24.0 Å². The van der Waals surface area contributed by atoms with E-state index in [4.69, 9.17) is 4.98 Å². The molecule has 0 spiro atoms. The summed E-state index contributed by atoms with van der Waals surface area (Å²) in [6.45, 7) is 5.38. The SMILES string of the molecule is CN=C(NCCc1cn2cccc(C)c2n1)NC1CCN(C2CC2)CC1.I. The van der Waals surface area contributed by atoms with E-state index in [1.807, 2.05) is 7.05 Å². The Bertz CT molecular complexity index is 774. The summed E-state index contributed by atoms with van der Waals surface area (Å²) in [5.41, 5.74) is 3.37. The highest BCUT2D eigenvalue weighted by atomic mass is 127. The quantitative estimate of drug-likeness (QED) is 0.391. The van der Waals surface area contributed by atoms with Gasteiger partial charge in [-0.1, -0.05) is 6.07 Å². The van der Waals surface area contributed by atoms with E-state index in [0.29, 0.717) is 6.04 Å². The highest BCUT2D eigenvalue weighted by Gasteiger charge is 2.31. The van der Waals surface area contributed by atoms with Gasteiger partial charge < -0.3 is 19.9 Å². The molecular formula is C20H31IN6. The van der Waals surface area contributed by atoms with Crippen LogP contribution in [-0.2, 0) is 6.42 Å². The largest absolute Gasteiger partial charge is 0.356 e. The van der Waals surface area contributed by atoms with Crippen LogP contribution in [0.25, 0.3) is 5.65 Å². The van der Waals surface area contributed by atoms with Crippen LogP contribution >= 0.6 is 24.0 Å². The maximum Gasteiger partial charge on any atom is 0.191 e. The van der Waals surface area contributed by atoms with Crippen LogP contribution in [0.5, 0.6) is 0 Å². The van der Waals surface area contributed by atoms with Gasteiger partial charge >= 0.3 is 0 Å². The summed E-state index contributed by atoms with van der Waals surface area (Å²) in [5, 5.41) is 7.04. The fourth-order valence-corrected chi connectivity index (χ4v) is 3.87. The molecule has 0 unspecified atom stereocenters. The number of aryl methyl sites for hydroxylation is 1. The van der Waals surface area contributed by atoms with Crippen molar-refractivity contribution in [1.82, 2.24) is 24.9 Å². The molecule has 2 aromatic heterocycles. The third-order valence-corrected chi connectivity index (χ3v) is 5.56. The van der Waals surface area contributed by atoms with Gasteiger partial charge in [0, 0.05) is 57.6 Å². The molecule has 1 aliphatic heterocycles. The molecule has 0 amide bonds. The van der Waals surface area contributed by atoms with E-state index in [0.717, 1.165) is 36.3 Å². The molecule has 27 heavy (non-hydrogen) atoms. The van der Waals surface area contributed by atoms with Crippen LogP contribution in [0.3, 0.4) is 0 Å². The van der Waals surface area contributed by atoms with Crippen molar-refractivity contribution >= 4 is 35.6 Å². The van der Waals surface area contributed by atoms with Gasteiger partial charge in [-0.3, -0.25) is 4.99 Å². The predicted molar refractivity (Wildman–Crippen MR) is 121 cm³/mol. The van der Waals surface area contributed by atoms with Crippen molar-refractivity contribution in [3.63, 3.8) is 0 Å². The fourth-order valence-electron chi connectivity index (χ4n) is 3.87. The second kappa shape index (κ2) is 9.23. The van der Waals surface area contributed by atoms with Crippen LogP contribution in [-0.4, -0.2) is 59.0 Å². The second-order valence-electron chi connectivity index (χ2n) is 7.59. The highest BCUT2D eigenvalue weighted by molar-refractivity contribution is 14.0. The summed E-state index contributed by atoms with van der Waals surface area (Å²) in [4.78, 5) is 11.8. The minimum atomic E-state index is 0. The Morgan fingerprint density at radius 2 is 2.04 bits per heavy atom. The molecule has 0 atom stereocenters. The number of halogens is 1. The normalized spacial score (nSPS) is 19.1. The Morgan fingerprint density at radius 3 is 2.70 bits per heavy atom. The van der Waals surface area contributed by atoms with Gasteiger partial charge in [0.15, 0.2) is 5.96 Å². The van der Waals surface area contributed by atoms with Crippen LogP contribution in [0, 0.1) is 6.92 Å². The molecule has 2 aromatic rings. The Balaban J connectivity index is 0.00000210. The monoisotopic (exact) mass is 482 g/mol. The average Bonchev–Trinajstić information content (AvgIpc) is 3.41. The number of fused-ring (bicyclic) bond motifs is 1. The predicted octanol–water partition coefficient (Wildman–Crippen LogP) is 2.60. The first-order chi connectivity index (χ1) is 12.7. The van der Waals surface area contributed by atoms with Gasteiger partial charge in [0.05, 0.1) is 5.69 Å². The summed E-state index contributed by atoms with van der Waals surface area (Å²) in [7, 11) is 1.85. The third-order valence-electron chi connectivity index (χ3n) is 5.56. The van der Waals surface area contributed by atoms with Crippen LogP contribution in [0.1, 0.15) is 36.9 Å². The number of aromatic nitrogens is 2. The lowest BCUT2D eigenvalue weighted by molar-refractivity contribution is 0.197. The number of pyridine rings is 1. The Labute approximate surface area is 178 Å². The molecule has 1 saturated heterocycles. The molecule has 2 N–H and O–H groups in total. The van der Waals surface area contributed by atoms with Gasteiger partial charge in [0.2, 0.25) is 0 Å². The molecule has 6 nitrogen and oxygen atoms in total. The third kappa shape index (κ3) is 5.13. The molecule has 148 valence electrons. The summed E-state index contributed by atoms with van der Waals surface area (Å²) in [6, 6.07) is 5.59. The lowest BCUT2D eigenvalue weighted by atomic mass is 10.1. The Kier molecular flexibility index (Phi) is 6.97. The van der Waals surface area contributed by atoms with E-state index < -0.39 is 0 Å². The van der Waals surface area contributed by atoms with Crippen LogP contribution < -0.4 is 10.6 Å². The summed E-state index contributed by atoms with van der Waals surface area (Å²) in [6.07, 6.45) is 10.3. The number of nitrogens with one attached hydrogen (secondary N) is 2. The van der Waals surface area contributed by atoms with Crippen LogP contribution in [0.15, 0.2) is 29.5 Å². The van der Waals surface area contributed by atoms with Gasteiger partial charge in [-0.2, -0.15) is 0 Å². The van der Waals surface area contributed by atoms with Crippen molar-refractivity contribution in [1.29, 1.82) is 0 Å². The second-order valence-corrected chi connectivity index (χ2v) is 7.59. The van der Waals surface area contributed by atoms with E-state index in [1.54, 1.807) is 0 Å². The average molecular weight is 482 g/mol. The fraction of sp³-hybridized carbons (Fsp3) is 0.600. The van der Waals surface area contributed by atoms with Gasteiger partial charge in [-0.25, -0.2) is 4.98 Å². The minimum Gasteiger partial charge on any atom is -0.356 e. The Hall–Kier alpha value is -1.35. The molecule has 1 aliphatic carbocycles. The number of guanidine groups is 1. The standard InChI is InChI=1S/C20H30N6.HI/c1-15-4-3-11-26-14-17(23-19(15)26)7-10-22-20(21-2)24-16-8-12-25(13-9-16)18-5-6-18;/h3-4,11,14,16,18H,5-10,12-13H2,1-2H3,(H2,21,22,24);1H. The topological polar surface area (TPSA) is 57.0 Å². The maximum absolute atomic E-state index is 4.74. The van der Waals surface area contributed by atoms with Crippen molar-refractivity contribution in [3.8, 4) is 0 Å². The van der Waals surface area contributed by atoms with Gasteiger partial charge in [-0.15, -0.1) is 24.0 Å². The number of hydrogen-bond donors (Lipinski definition) is 2. The van der Waals surface area contributed by atoms with E-state index in [2.05, 4.69) is 56.4 Å². The number of nitrogens with zero attached hydrogens (tertiary/aromatic N) is 4. The molecular weight excluding hydrogens is 451 g/mol. The molecule has 7 heteroatoms. The molecule has 0 radical (unpaired) electrons. The summed E-state index contributed by atoms with van der Waals surface area (Å²) < 4.78 is 2.10. The molecule has 2 aliphatic rings. The highest BCUT2D eigenvalue weighted by Crippen LogP contribution is 2.29. The van der Waals surface area contributed by atoms with Crippen molar-refractivity contribution in [2.75, 3.05) is 26.7 Å². The van der Waals surface area contributed by atoms with Crippen molar-refractivity contribution in [2.45, 2.75) is 51.1 Å². The maximum atomic E-state index is 4.74. The van der Waals surface area contributed by atoms with Crippen LogP contribution in [0.2, 0.25) is 0 Å². The zero-order chi connectivity index (χ0) is 17.9. The van der Waals surface area contributed by atoms with E-state index in [1.165, 1.54) is 44.3 Å². The first-order valence-corrected chi connectivity index (χ1v) is 9.87. The number of aliphatic imine (C=N–C) groups is 1. The minimum absolute atomic E-state index is 0. The number of piperidine rings is 1. The molecule has 3 heterocycles. The van der Waals surface area contributed by atoms with Gasteiger partial charge in [0.25, 0.3) is 0 Å². The van der Waals surface area contributed by atoms with Crippen molar-refractivity contribution < 1.29 is 0 Å². The number of imidazole rings is 1. The smallest absolute Gasteiger partial charge is 0.191 e. The zero-order valence-corrected chi connectivity index (χ0v) is 18.6. The van der Waals surface area contributed by atoms with Gasteiger partial charge in [-0.05, 0) is 44.2 Å². The molecule has 0 bridgehead atoms. The molecule has 1 saturated carbocycles. The summed E-state index contributed by atoms with van der Waals surface area (Å²) in [5.74, 6) is 0.912. The summed E-state index contributed by atoms with van der Waals surface area (Å²) >= 11 is 0. The molecule has 4 rings (SSSR count). The van der Waals surface area contributed by atoms with E-state index in [9.17, 15) is 0 Å². The van der Waals surface area contributed by atoms with Gasteiger partial charge in [0.1, 0.15) is 5.65 Å². The molecule has 2 fully saturated rings.